The summed E-state index contributed by atoms with van der Waals surface area (Å²) in [6, 6.07) is 18.2. The lowest BCUT2D eigenvalue weighted by atomic mass is 9.94. The third-order valence-corrected chi connectivity index (χ3v) is 3.94. The summed E-state index contributed by atoms with van der Waals surface area (Å²) in [6.45, 7) is 6.17. The van der Waals surface area contributed by atoms with Crippen molar-refractivity contribution in [2.24, 2.45) is 0 Å². The monoisotopic (exact) mass is 281 g/mol. The fraction of sp³-hybridized carbons (Fsp3) is 0.316. The zero-order chi connectivity index (χ0) is 15.2. The molecule has 0 spiro atoms. The summed E-state index contributed by atoms with van der Waals surface area (Å²) in [5, 5.41) is 3.15. The third kappa shape index (κ3) is 3.72. The average Bonchev–Trinajstić information content (AvgIpc) is 2.49. The van der Waals surface area contributed by atoms with Gasteiger partial charge >= 0.3 is 0 Å². The van der Waals surface area contributed by atoms with Crippen LogP contribution in [0.25, 0.3) is 0 Å². The van der Waals surface area contributed by atoms with Gasteiger partial charge in [0, 0.05) is 0 Å². The summed E-state index contributed by atoms with van der Waals surface area (Å²) in [7, 11) is 0. The predicted octanol–water partition coefficient (Wildman–Crippen LogP) is 4.37. The summed E-state index contributed by atoms with van der Waals surface area (Å²) in [6.07, 6.45) is 0.802. The van der Waals surface area contributed by atoms with Gasteiger partial charge in [-0.3, -0.25) is 4.79 Å². The third-order valence-electron chi connectivity index (χ3n) is 3.94. The summed E-state index contributed by atoms with van der Waals surface area (Å²) >= 11 is 0. The van der Waals surface area contributed by atoms with Crippen LogP contribution < -0.4 is 5.32 Å². The molecule has 0 radical (unpaired) electrons. The number of nitrogens with one attached hydrogen (secondary N) is 1. The van der Waals surface area contributed by atoms with Gasteiger partial charge in [-0.25, -0.2) is 0 Å². The van der Waals surface area contributed by atoms with Gasteiger partial charge in [0.25, 0.3) is 0 Å². The first-order chi connectivity index (χ1) is 10.1. The first kappa shape index (κ1) is 15.3. The Morgan fingerprint density at radius 1 is 1.05 bits per heavy atom. The standard InChI is InChI=1S/C19H23NO/c1-4-17(16-11-6-5-7-12-16)19(21)20-15(3)18-13-9-8-10-14(18)2/h5-13,15,17H,4H2,1-3H3,(H,20,21). The Balaban J connectivity index is 2.11. The van der Waals surface area contributed by atoms with Crippen molar-refractivity contribution in [3.63, 3.8) is 0 Å². The van der Waals surface area contributed by atoms with Crippen LogP contribution in [0.2, 0.25) is 0 Å². The van der Waals surface area contributed by atoms with Crippen molar-refractivity contribution in [3.8, 4) is 0 Å². The molecular formula is C19H23NO. The second kappa shape index (κ2) is 7.07. The van der Waals surface area contributed by atoms with Crippen molar-refractivity contribution in [3.05, 3.63) is 71.3 Å². The minimum Gasteiger partial charge on any atom is -0.349 e. The van der Waals surface area contributed by atoms with E-state index >= 15 is 0 Å². The molecule has 0 heterocycles. The summed E-state index contributed by atoms with van der Waals surface area (Å²) in [4.78, 5) is 12.6. The van der Waals surface area contributed by atoms with E-state index < -0.39 is 0 Å². The Bertz CT molecular complexity index is 592. The zero-order valence-corrected chi connectivity index (χ0v) is 13.0. The summed E-state index contributed by atoms with van der Waals surface area (Å²) in [5.41, 5.74) is 3.46. The van der Waals surface area contributed by atoms with Gasteiger partial charge in [-0.15, -0.1) is 0 Å². The largest absolute Gasteiger partial charge is 0.349 e. The molecule has 0 saturated heterocycles. The number of benzene rings is 2. The van der Waals surface area contributed by atoms with E-state index in [1.54, 1.807) is 0 Å². The van der Waals surface area contributed by atoms with E-state index in [-0.39, 0.29) is 17.9 Å². The van der Waals surface area contributed by atoms with Crippen LogP contribution in [0.4, 0.5) is 0 Å². The maximum Gasteiger partial charge on any atom is 0.228 e. The highest BCUT2D eigenvalue weighted by molar-refractivity contribution is 5.84. The van der Waals surface area contributed by atoms with E-state index in [0.29, 0.717) is 0 Å². The van der Waals surface area contributed by atoms with Crippen LogP contribution >= 0.6 is 0 Å². The molecule has 110 valence electrons. The lowest BCUT2D eigenvalue weighted by Crippen LogP contribution is -2.31. The van der Waals surface area contributed by atoms with E-state index in [2.05, 4.69) is 31.3 Å². The Labute approximate surface area is 127 Å². The predicted molar refractivity (Wildman–Crippen MR) is 87.2 cm³/mol. The van der Waals surface area contributed by atoms with Gasteiger partial charge in [-0.2, -0.15) is 0 Å². The molecule has 2 aromatic rings. The van der Waals surface area contributed by atoms with Crippen molar-refractivity contribution in [2.75, 3.05) is 0 Å². The molecule has 2 unspecified atom stereocenters. The molecule has 1 N–H and O–H groups in total. The molecule has 0 aliphatic carbocycles. The number of hydrogen-bond acceptors (Lipinski definition) is 1. The van der Waals surface area contributed by atoms with E-state index in [1.807, 2.05) is 49.4 Å². The van der Waals surface area contributed by atoms with Crippen molar-refractivity contribution in [1.82, 2.24) is 5.32 Å². The Morgan fingerprint density at radius 3 is 2.29 bits per heavy atom. The number of carbonyl (C=O) groups excluding carboxylic acids is 1. The molecule has 2 nitrogen and oxygen atoms in total. The van der Waals surface area contributed by atoms with Crippen molar-refractivity contribution < 1.29 is 4.79 Å². The van der Waals surface area contributed by atoms with Gasteiger partial charge < -0.3 is 5.32 Å². The molecule has 0 fully saturated rings. The minimum absolute atomic E-state index is 0.0245. The number of carbonyl (C=O) groups is 1. The molecule has 0 bridgehead atoms. The van der Waals surface area contributed by atoms with Crippen LogP contribution in [0.3, 0.4) is 0 Å². The molecular weight excluding hydrogens is 258 g/mol. The quantitative estimate of drug-likeness (QED) is 0.866. The lowest BCUT2D eigenvalue weighted by Gasteiger charge is -2.21. The highest BCUT2D eigenvalue weighted by atomic mass is 16.1. The van der Waals surface area contributed by atoms with E-state index in [1.165, 1.54) is 11.1 Å². The zero-order valence-electron chi connectivity index (χ0n) is 13.0. The topological polar surface area (TPSA) is 29.1 Å². The summed E-state index contributed by atoms with van der Waals surface area (Å²) < 4.78 is 0. The number of rotatable bonds is 5. The minimum atomic E-state index is -0.0855. The lowest BCUT2D eigenvalue weighted by molar-refractivity contribution is -0.123. The first-order valence-corrected chi connectivity index (χ1v) is 7.54. The van der Waals surface area contributed by atoms with Gasteiger partial charge in [0.1, 0.15) is 0 Å². The summed E-state index contributed by atoms with van der Waals surface area (Å²) in [5.74, 6) is 0.0112. The maximum atomic E-state index is 12.6. The van der Waals surface area contributed by atoms with Crippen LogP contribution in [0.15, 0.2) is 54.6 Å². The molecule has 0 aromatic heterocycles. The SMILES string of the molecule is CCC(C(=O)NC(C)c1ccccc1C)c1ccccc1. The van der Waals surface area contributed by atoms with Crippen LogP contribution in [0.5, 0.6) is 0 Å². The molecule has 0 aliphatic heterocycles. The smallest absolute Gasteiger partial charge is 0.228 e. The second-order valence-electron chi connectivity index (χ2n) is 5.46. The fourth-order valence-corrected chi connectivity index (χ4v) is 2.72. The van der Waals surface area contributed by atoms with Crippen LogP contribution in [0, 0.1) is 6.92 Å². The van der Waals surface area contributed by atoms with Gasteiger partial charge in [0.2, 0.25) is 5.91 Å². The number of aryl methyl sites for hydroxylation is 1. The average molecular weight is 281 g/mol. The molecule has 1 amide bonds. The molecule has 2 aromatic carbocycles. The van der Waals surface area contributed by atoms with E-state index in [4.69, 9.17) is 0 Å². The van der Waals surface area contributed by atoms with Crippen molar-refractivity contribution >= 4 is 5.91 Å². The Kier molecular flexibility index (Phi) is 5.15. The second-order valence-corrected chi connectivity index (χ2v) is 5.46. The van der Waals surface area contributed by atoms with E-state index in [9.17, 15) is 4.79 Å². The molecule has 2 rings (SSSR count). The Morgan fingerprint density at radius 2 is 1.67 bits per heavy atom. The van der Waals surface area contributed by atoms with Crippen molar-refractivity contribution in [1.29, 1.82) is 0 Å². The van der Waals surface area contributed by atoms with Gasteiger partial charge in [0.15, 0.2) is 0 Å². The normalized spacial score (nSPS) is 13.5. The molecule has 21 heavy (non-hydrogen) atoms. The number of amides is 1. The van der Waals surface area contributed by atoms with Crippen molar-refractivity contribution in [2.45, 2.75) is 39.2 Å². The van der Waals surface area contributed by atoms with Gasteiger partial charge in [-0.1, -0.05) is 61.5 Å². The number of hydrogen-bond donors (Lipinski definition) is 1. The fourth-order valence-electron chi connectivity index (χ4n) is 2.72. The van der Waals surface area contributed by atoms with Crippen LogP contribution in [0.1, 0.15) is 48.9 Å². The molecule has 2 heteroatoms. The maximum absolute atomic E-state index is 12.6. The first-order valence-electron chi connectivity index (χ1n) is 7.54. The highest BCUT2D eigenvalue weighted by Crippen LogP contribution is 2.22. The Hall–Kier alpha value is -2.09. The van der Waals surface area contributed by atoms with Crippen LogP contribution in [-0.4, -0.2) is 5.91 Å². The highest BCUT2D eigenvalue weighted by Gasteiger charge is 2.20. The molecule has 0 saturated carbocycles. The van der Waals surface area contributed by atoms with Gasteiger partial charge in [0.05, 0.1) is 12.0 Å². The van der Waals surface area contributed by atoms with E-state index in [0.717, 1.165) is 12.0 Å². The van der Waals surface area contributed by atoms with Gasteiger partial charge in [-0.05, 0) is 37.0 Å². The molecule has 2 atom stereocenters. The molecule has 0 aliphatic rings. The van der Waals surface area contributed by atoms with Crippen LogP contribution in [-0.2, 0) is 4.79 Å².